The van der Waals surface area contributed by atoms with E-state index in [9.17, 15) is 9.59 Å². The number of carboxylic acid groups (broad SMARTS) is 1. The highest BCUT2D eigenvalue weighted by molar-refractivity contribution is 7.11. The Hall–Kier alpha value is -2.27. The fraction of sp³-hybridized carbons (Fsp3) is 0. The second kappa shape index (κ2) is 5.37. The molecule has 1 heterocycles. The van der Waals surface area contributed by atoms with Gasteiger partial charge >= 0.3 is 5.97 Å². The van der Waals surface area contributed by atoms with Crippen LogP contribution in [0.15, 0.2) is 41.9 Å². The Kier molecular flexibility index (Phi) is 3.64. The van der Waals surface area contributed by atoms with E-state index < -0.39 is 5.97 Å². The molecule has 0 aliphatic carbocycles. The van der Waals surface area contributed by atoms with Gasteiger partial charge in [-0.2, -0.15) is 0 Å². The number of carboxylic acids is 1. The van der Waals surface area contributed by atoms with E-state index in [-0.39, 0.29) is 11.3 Å². The smallest absolute Gasteiger partial charge is 0.335 e. The van der Waals surface area contributed by atoms with Crippen molar-refractivity contribution in [1.29, 1.82) is 0 Å². The lowest BCUT2D eigenvalue weighted by Gasteiger charge is -1.95. The monoisotopic (exact) mass is 259 g/mol. The summed E-state index contributed by atoms with van der Waals surface area (Å²) in [4.78, 5) is 26.2. The molecule has 0 aliphatic heterocycles. The quantitative estimate of drug-likeness (QED) is 0.677. The van der Waals surface area contributed by atoms with Crippen LogP contribution in [-0.2, 0) is 0 Å². The van der Waals surface area contributed by atoms with Crippen molar-refractivity contribution in [3.63, 3.8) is 0 Å². The molecule has 5 heteroatoms. The number of carbonyl (C=O) groups is 2. The zero-order chi connectivity index (χ0) is 13.0. The first-order valence-corrected chi connectivity index (χ1v) is 6.00. The third kappa shape index (κ3) is 2.89. The molecule has 90 valence electrons. The molecule has 0 saturated heterocycles. The minimum absolute atomic E-state index is 0.160. The lowest BCUT2D eigenvalue weighted by molar-refractivity contribution is 0.0696. The summed E-state index contributed by atoms with van der Waals surface area (Å²) in [5, 5.41) is 10.9. The van der Waals surface area contributed by atoms with Gasteiger partial charge < -0.3 is 5.11 Å². The highest BCUT2D eigenvalue weighted by Crippen LogP contribution is 2.09. The third-order valence-corrected chi connectivity index (χ3v) is 3.02. The van der Waals surface area contributed by atoms with Crippen molar-refractivity contribution >= 4 is 29.2 Å². The summed E-state index contributed by atoms with van der Waals surface area (Å²) in [6.45, 7) is 0. The van der Waals surface area contributed by atoms with Gasteiger partial charge in [-0.1, -0.05) is 18.2 Å². The molecule has 0 atom stereocenters. The second-order valence-electron chi connectivity index (χ2n) is 3.46. The maximum absolute atomic E-state index is 11.6. The molecule has 2 aromatic rings. The Morgan fingerprint density at radius 3 is 2.50 bits per heavy atom. The van der Waals surface area contributed by atoms with Gasteiger partial charge in [0.2, 0.25) is 5.78 Å². The standard InChI is InChI=1S/C13H9NO3S/c15-11(12-14-7-8-18-12)6-3-9-1-4-10(5-2-9)13(16)17/h1-8H,(H,16,17)/b6-3+. The number of hydrogen-bond donors (Lipinski definition) is 1. The number of carbonyl (C=O) groups excluding carboxylic acids is 1. The van der Waals surface area contributed by atoms with E-state index in [0.717, 1.165) is 5.56 Å². The number of aromatic carboxylic acids is 1. The highest BCUT2D eigenvalue weighted by Gasteiger charge is 2.04. The molecule has 0 unspecified atom stereocenters. The fourth-order valence-electron chi connectivity index (χ4n) is 1.33. The van der Waals surface area contributed by atoms with Crippen LogP contribution in [0.1, 0.15) is 25.7 Å². The van der Waals surface area contributed by atoms with Crippen LogP contribution in [0.3, 0.4) is 0 Å². The van der Waals surface area contributed by atoms with Gasteiger partial charge in [0.15, 0.2) is 5.01 Å². The Labute approximate surface area is 107 Å². The SMILES string of the molecule is O=C(O)c1ccc(/C=C/C(=O)c2nccs2)cc1. The van der Waals surface area contributed by atoms with Crippen molar-refractivity contribution in [2.24, 2.45) is 0 Å². The predicted octanol–water partition coefficient (Wildman–Crippen LogP) is 2.74. The van der Waals surface area contributed by atoms with Gasteiger partial charge in [-0.05, 0) is 23.8 Å². The molecule has 0 fully saturated rings. The van der Waals surface area contributed by atoms with E-state index in [1.807, 2.05) is 0 Å². The largest absolute Gasteiger partial charge is 0.478 e. The third-order valence-electron chi connectivity index (χ3n) is 2.23. The molecular weight excluding hydrogens is 250 g/mol. The molecule has 0 saturated carbocycles. The lowest BCUT2D eigenvalue weighted by Crippen LogP contribution is -1.95. The highest BCUT2D eigenvalue weighted by atomic mass is 32.1. The number of benzene rings is 1. The summed E-state index contributed by atoms with van der Waals surface area (Å²) in [5.41, 5.74) is 0.989. The fourth-order valence-corrected chi connectivity index (χ4v) is 1.88. The Bertz CT molecular complexity index is 585. The molecule has 0 aliphatic rings. The number of ketones is 1. The number of aromatic nitrogens is 1. The number of thiazole rings is 1. The Morgan fingerprint density at radius 2 is 1.94 bits per heavy atom. The average Bonchev–Trinajstić information content (AvgIpc) is 2.90. The van der Waals surface area contributed by atoms with Gasteiger partial charge in [-0.25, -0.2) is 9.78 Å². The maximum Gasteiger partial charge on any atom is 0.335 e. The van der Waals surface area contributed by atoms with E-state index in [2.05, 4.69) is 4.98 Å². The molecule has 0 radical (unpaired) electrons. The molecular formula is C13H9NO3S. The minimum Gasteiger partial charge on any atom is -0.478 e. The van der Waals surface area contributed by atoms with Crippen LogP contribution in [-0.4, -0.2) is 21.8 Å². The first kappa shape index (κ1) is 12.2. The van der Waals surface area contributed by atoms with Crippen LogP contribution in [0.25, 0.3) is 6.08 Å². The van der Waals surface area contributed by atoms with Gasteiger partial charge in [0.05, 0.1) is 5.56 Å². The first-order chi connectivity index (χ1) is 8.66. The van der Waals surface area contributed by atoms with Crippen molar-refractivity contribution in [2.75, 3.05) is 0 Å². The summed E-state index contributed by atoms with van der Waals surface area (Å²) >= 11 is 1.28. The minimum atomic E-state index is -0.968. The van der Waals surface area contributed by atoms with E-state index in [1.165, 1.54) is 29.5 Å². The summed E-state index contributed by atoms with van der Waals surface area (Å²) in [7, 11) is 0. The van der Waals surface area contributed by atoms with Crippen molar-refractivity contribution in [3.05, 3.63) is 58.1 Å². The van der Waals surface area contributed by atoms with E-state index >= 15 is 0 Å². The topological polar surface area (TPSA) is 67.3 Å². The molecule has 4 nitrogen and oxygen atoms in total. The number of nitrogens with zero attached hydrogens (tertiary/aromatic N) is 1. The summed E-state index contributed by atoms with van der Waals surface area (Å²) in [5.74, 6) is -1.13. The molecule has 18 heavy (non-hydrogen) atoms. The first-order valence-electron chi connectivity index (χ1n) is 5.12. The number of hydrogen-bond acceptors (Lipinski definition) is 4. The molecule has 0 amide bonds. The molecule has 1 aromatic heterocycles. The van der Waals surface area contributed by atoms with Crippen LogP contribution < -0.4 is 0 Å². The lowest BCUT2D eigenvalue weighted by atomic mass is 10.1. The van der Waals surface area contributed by atoms with Gasteiger partial charge in [-0.15, -0.1) is 11.3 Å². The van der Waals surface area contributed by atoms with Gasteiger partial charge in [0.1, 0.15) is 0 Å². The van der Waals surface area contributed by atoms with Crippen molar-refractivity contribution in [2.45, 2.75) is 0 Å². The van der Waals surface area contributed by atoms with Gasteiger partial charge in [0.25, 0.3) is 0 Å². The summed E-state index contributed by atoms with van der Waals surface area (Å²) < 4.78 is 0. The van der Waals surface area contributed by atoms with Crippen LogP contribution in [0.4, 0.5) is 0 Å². The molecule has 1 N–H and O–H groups in total. The van der Waals surface area contributed by atoms with Crippen LogP contribution in [0.2, 0.25) is 0 Å². The van der Waals surface area contributed by atoms with E-state index in [1.54, 1.807) is 29.8 Å². The second-order valence-corrected chi connectivity index (χ2v) is 4.36. The number of rotatable bonds is 4. The zero-order valence-electron chi connectivity index (χ0n) is 9.24. The van der Waals surface area contributed by atoms with Crippen molar-refractivity contribution in [1.82, 2.24) is 4.98 Å². The van der Waals surface area contributed by atoms with Gasteiger partial charge in [-0.3, -0.25) is 4.79 Å². The zero-order valence-corrected chi connectivity index (χ0v) is 10.1. The summed E-state index contributed by atoms with van der Waals surface area (Å²) in [6, 6.07) is 6.29. The summed E-state index contributed by atoms with van der Waals surface area (Å²) in [6.07, 6.45) is 4.64. The van der Waals surface area contributed by atoms with E-state index in [4.69, 9.17) is 5.11 Å². The van der Waals surface area contributed by atoms with Crippen LogP contribution in [0.5, 0.6) is 0 Å². The van der Waals surface area contributed by atoms with Crippen molar-refractivity contribution < 1.29 is 14.7 Å². The van der Waals surface area contributed by atoms with Gasteiger partial charge in [0, 0.05) is 11.6 Å². The maximum atomic E-state index is 11.6. The van der Waals surface area contributed by atoms with E-state index in [0.29, 0.717) is 5.01 Å². The Balaban J connectivity index is 2.09. The van der Waals surface area contributed by atoms with Crippen LogP contribution in [0, 0.1) is 0 Å². The van der Waals surface area contributed by atoms with Crippen molar-refractivity contribution in [3.8, 4) is 0 Å². The number of allylic oxidation sites excluding steroid dienone is 1. The molecule has 2 rings (SSSR count). The normalized spacial score (nSPS) is 10.7. The Morgan fingerprint density at radius 1 is 1.22 bits per heavy atom. The molecule has 1 aromatic carbocycles. The predicted molar refractivity (Wildman–Crippen MR) is 68.9 cm³/mol. The van der Waals surface area contributed by atoms with Crippen LogP contribution >= 0.6 is 11.3 Å². The molecule has 0 bridgehead atoms. The molecule has 0 spiro atoms. The average molecular weight is 259 g/mol.